The monoisotopic (exact) mass is 688 g/mol. The molecule has 0 bridgehead atoms. The quantitative estimate of drug-likeness (QED) is 0.0700. The van der Waals surface area contributed by atoms with Gasteiger partial charge in [-0.05, 0) is 50.7 Å². The molecule has 264 valence electrons. The van der Waals surface area contributed by atoms with Gasteiger partial charge in [-0.3, -0.25) is 0 Å². The molecule has 0 amide bonds. The largest absolute Gasteiger partial charge is 0.513 e. The van der Waals surface area contributed by atoms with Crippen LogP contribution in [0.25, 0.3) is 21.5 Å². The molecule has 4 aromatic carbocycles. The van der Waals surface area contributed by atoms with E-state index in [4.69, 9.17) is 37.9 Å². The van der Waals surface area contributed by atoms with Crippen LogP contribution in [0.3, 0.4) is 0 Å². The van der Waals surface area contributed by atoms with E-state index in [1.54, 1.807) is 50.2 Å². The molecular formula is C38H40O12. The molecule has 0 atom stereocenters. The SMILES string of the molecule is CCCOC(=O)Oc1c2c(c(OC(=O)OCCC)c3c(C)cccc13)=c1c(OC(=O)OCCC)c3c(C)cccc3c(OC(=O)OCCC)c1=2. The Morgan fingerprint density at radius 1 is 0.440 bits per heavy atom. The highest BCUT2D eigenvalue weighted by Gasteiger charge is 2.31. The summed E-state index contributed by atoms with van der Waals surface area (Å²) in [5.74, 6) is 0.241. The molecule has 4 aromatic rings. The molecule has 0 saturated heterocycles. The number of fused-ring (bicyclic) bond motifs is 4. The van der Waals surface area contributed by atoms with E-state index in [0.29, 0.717) is 58.4 Å². The van der Waals surface area contributed by atoms with Crippen LogP contribution < -0.4 is 18.9 Å². The van der Waals surface area contributed by atoms with Gasteiger partial charge >= 0.3 is 24.6 Å². The standard InChI is InChI=1S/C38H40O12/c1-7-17-43-35(39)47-31-23-15-11-13-21(5)25(23)33(49-37(41)45-19-9-3)29-27(31)28-30(29)34(50-38(42)46-20-10-4)26-22(6)14-12-16-24(26)32(28)48-36(40)44-18-8-2/h11-16H,7-10,17-20H2,1-6H3. The average molecular weight is 689 g/mol. The van der Waals surface area contributed by atoms with E-state index < -0.39 is 24.6 Å². The molecule has 0 radical (unpaired) electrons. The van der Waals surface area contributed by atoms with E-state index in [0.717, 1.165) is 0 Å². The number of aryl methyl sites for hydroxylation is 2. The van der Waals surface area contributed by atoms with Gasteiger partial charge in [0.1, 0.15) is 0 Å². The molecule has 1 aliphatic carbocycles. The second kappa shape index (κ2) is 15.8. The van der Waals surface area contributed by atoms with Gasteiger partial charge < -0.3 is 37.9 Å². The highest BCUT2D eigenvalue weighted by atomic mass is 16.7. The number of hydrogen-bond donors (Lipinski definition) is 0. The van der Waals surface area contributed by atoms with Crippen molar-refractivity contribution >= 4 is 46.2 Å². The number of ether oxygens (including phenoxy) is 8. The minimum Gasteiger partial charge on any atom is -0.434 e. The normalized spacial score (nSPS) is 11.2. The van der Waals surface area contributed by atoms with Crippen LogP contribution in [0.5, 0.6) is 23.0 Å². The zero-order valence-corrected chi connectivity index (χ0v) is 29.0. The predicted octanol–water partition coefficient (Wildman–Crippen LogP) is 9.20. The third kappa shape index (κ3) is 6.96. The third-order valence-electron chi connectivity index (χ3n) is 7.83. The number of carbonyl (C=O) groups excluding carboxylic acids is 4. The van der Waals surface area contributed by atoms with Crippen LogP contribution in [0.2, 0.25) is 0 Å². The Bertz CT molecular complexity index is 2020. The molecule has 12 nitrogen and oxygen atoms in total. The van der Waals surface area contributed by atoms with Crippen LogP contribution in [0.1, 0.15) is 64.5 Å². The summed E-state index contributed by atoms with van der Waals surface area (Å²) in [6, 6.07) is 10.5. The third-order valence-corrected chi connectivity index (χ3v) is 7.83. The number of carbonyl (C=O) groups is 4. The Labute approximate surface area is 288 Å². The average Bonchev–Trinajstić information content (AvgIpc) is 3.08. The van der Waals surface area contributed by atoms with Gasteiger partial charge in [0.2, 0.25) is 0 Å². The van der Waals surface area contributed by atoms with Crippen molar-refractivity contribution in [1.29, 1.82) is 0 Å². The van der Waals surface area contributed by atoms with Crippen LogP contribution in [-0.4, -0.2) is 51.0 Å². The summed E-state index contributed by atoms with van der Waals surface area (Å²) in [6.07, 6.45) is -1.65. The summed E-state index contributed by atoms with van der Waals surface area (Å²) in [6.45, 7) is 11.4. The summed E-state index contributed by atoms with van der Waals surface area (Å²) in [5.41, 5.74) is 1.34. The fraction of sp³-hybridized carbons (Fsp3) is 0.368. The molecule has 0 saturated carbocycles. The smallest absolute Gasteiger partial charge is 0.434 e. The van der Waals surface area contributed by atoms with Crippen LogP contribution >= 0.6 is 0 Å². The van der Waals surface area contributed by atoms with E-state index in [1.165, 1.54) is 0 Å². The second-order valence-corrected chi connectivity index (χ2v) is 11.6. The summed E-state index contributed by atoms with van der Waals surface area (Å²) < 4.78 is 45.0. The van der Waals surface area contributed by atoms with Crippen molar-refractivity contribution < 1.29 is 57.1 Å². The van der Waals surface area contributed by atoms with Crippen molar-refractivity contribution in [2.45, 2.75) is 67.2 Å². The van der Waals surface area contributed by atoms with Gasteiger partial charge in [-0.15, -0.1) is 0 Å². The van der Waals surface area contributed by atoms with Gasteiger partial charge in [-0.2, -0.15) is 0 Å². The van der Waals surface area contributed by atoms with Crippen molar-refractivity contribution in [3.8, 4) is 23.0 Å². The van der Waals surface area contributed by atoms with Crippen LogP contribution in [0.4, 0.5) is 19.2 Å². The minimum absolute atomic E-state index is 0.0554. The number of hydrogen-bond acceptors (Lipinski definition) is 12. The molecule has 0 aromatic heterocycles. The summed E-state index contributed by atoms with van der Waals surface area (Å²) in [5, 5.41) is 2.66. The Hall–Kier alpha value is -5.52. The van der Waals surface area contributed by atoms with Crippen LogP contribution in [-0.2, 0) is 18.9 Å². The Kier molecular flexibility index (Phi) is 11.3. The molecule has 0 aliphatic heterocycles. The maximum atomic E-state index is 13.1. The van der Waals surface area contributed by atoms with Crippen molar-refractivity contribution in [1.82, 2.24) is 0 Å². The highest BCUT2D eigenvalue weighted by Crippen LogP contribution is 2.48. The van der Waals surface area contributed by atoms with E-state index in [-0.39, 0.29) is 70.3 Å². The summed E-state index contributed by atoms with van der Waals surface area (Å²) in [7, 11) is 0. The predicted molar refractivity (Wildman–Crippen MR) is 182 cm³/mol. The van der Waals surface area contributed by atoms with E-state index in [9.17, 15) is 19.2 Å². The van der Waals surface area contributed by atoms with Crippen LogP contribution in [0, 0.1) is 34.7 Å². The molecule has 0 N–H and O–H groups in total. The zero-order chi connectivity index (χ0) is 35.9. The highest BCUT2D eigenvalue weighted by molar-refractivity contribution is 6.02. The first-order chi connectivity index (χ1) is 24.2. The fourth-order valence-electron chi connectivity index (χ4n) is 5.79. The molecule has 0 unspecified atom stereocenters. The first-order valence-corrected chi connectivity index (χ1v) is 16.7. The lowest BCUT2D eigenvalue weighted by atomic mass is 9.89. The Balaban J connectivity index is 2.01. The molecule has 1 aliphatic rings. The lowest BCUT2D eigenvalue weighted by Gasteiger charge is -2.23. The molecule has 0 fully saturated rings. The summed E-state index contributed by atoms with van der Waals surface area (Å²) in [4.78, 5) is 52.4. The molecular weight excluding hydrogens is 648 g/mol. The van der Waals surface area contributed by atoms with Gasteiger partial charge in [0.25, 0.3) is 0 Å². The first-order valence-electron chi connectivity index (χ1n) is 16.7. The molecule has 0 heterocycles. The molecule has 5 rings (SSSR count). The first kappa shape index (κ1) is 35.8. The molecule has 12 heteroatoms. The maximum absolute atomic E-state index is 13.1. The van der Waals surface area contributed by atoms with Crippen molar-refractivity contribution in [2.24, 2.45) is 0 Å². The molecule has 0 spiro atoms. The Morgan fingerprint density at radius 2 is 0.720 bits per heavy atom. The van der Waals surface area contributed by atoms with E-state index in [1.807, 2.05) is 27.7 Å². The van der Waals surface area contributed by atoms with Gasteiger partial charge in [0.05, 0.1) is 26.4 Å². The second-order valence-electron chi connectivity index (χ2n) is 11.6. The van der Waals surface area contributed by atoms with Gasteiger partial charge in [-0.1, -0.05) is 64.1 Å². The lowest BCUT2D eigenvalue weighted by Crippen LogP contribution is -2.18. The van der Waals surface area contributed by atoms with Crippen LogP contribution in [0.15, 0.2) is 36.4 Å². The summed E-state index contributed by atoms with van der Waals surface area (Å²) >= 11 is 0. The minimum atomic E-state index is -0.970. The van der Waals surface area contributed by atoms with Gasteiger partial charge in [0.15, 0.2) is 23.0 Å². The lowest BCUT2D eigenvalue weighted by molar-refractivity contribution is 0.0960. The number of rotatable bonds is 12. The van der Waals surface area contributed by atoms with Crippen molar-refractivity contribution in [3.63, 3.8) is 0 Å². The maximum Gasteiger partial charge on any atom is 0.513 e. The van der Waals surface area contributed by atoms with Crippen molar-refractivity contribution in [3.05, 3.63) is 68.4 Å². The topological polar surface area (TPSA) is 142 Å². The fourth-order valence-corrected chi connectivity index (χ4v) is 5.79. The van der Waals surface area contributed by atoms with Crippen molar-refractivity contribution in [2.75, 3.05) is 26.4 Å². The number of benzene rings is 4. The van der Waals surface area contributed by atoms with Gasteiger partial charge in [0, 0.05) is 42.4 Å². The molecule has 50 heavy (non-hydrogen) atoms. The Morgan fingerprint density at radius 3 is 1.02 bits per heavy atom. The van der Waals surface area contributed by atoms with Gasteiger partial charge in [-0.25, -0.2) is 19.2 Å². The van der Waals surface area contributed by atoms with E-state index in [2.05, 4.69) is 0 Å². The van der Waals surface area contributed by atoms with E-state index >= 15 is 0 Å². The zero-order valence-electron chi connectivity index (χ0n) is 29.0.